The molecule has 0 atom stereocenters. The molecule has 0 bridgehead atoms. The number of ether oxygens (including phenoxy) is 3. The maximum Gasteiger partial charge on any atom is 0.293 e. The van der Waals surface area contributed by atoms with E-state index in [1.54, 1.807) is 18.2 Å². The van der Waals surface area contributed by atoms with Gasteiger partial charge in [0.2, 0.25) is 0 Å². The van der Waals surface area contributed by atoms with Crippen molar-refractivity contribution in [3.63, 3.8) is 0 Å². The van der Waals surface area contributed by atoms with Gasteiger partial charge in [0.25, 0.3) is 11.1 Å². The van der Waals surface area contributed by atoms with E-state index in [9.17, 15) is 9.59 Å². The van der Waals surface area contributed by atoms with Crippen LogP contribution in [0, 0.1) is 12.3 Å². The van der Waals surface area contributed by atoms with E-state index in [1.165, 1.54) is 12.0 Å². The van der Waals surface area contributed by atoms with Crippen LogP contribution >= 0.6 is 27.7 Å². The fourth-order valence-corrected chi connectivity index (χ4v) is 3.65. The Labute approximate surface area is 165 Å². The molecule has 0 radical (unpaired) electrons. The average Bonchev–Trinajstić information content (AvgIpc) is 2.86. The van der Waals surface area contributed by atoms with E-state index in [2.05, 4.69) is 21.9 Å². The zero-order valence-electron chi connectivity index (χ0n) is 14.4. The fraction of sp³-hybridized carbons (Fsp3) is 0.333. The summed E-state index contributed by atoms with van der Waals surface area (Å²) in [5.41, 5.74) is 0.700. The van der Waals surface area contributed by atoms with Crippen molar-refractivity contribution in [2.24, 2.45) is 0 Å². The quantitative estimate of drug-likeness (QED) is 0.455. The third kappa shape index (κ3) is 4.81. The molecule has 26 heavy (non-hydrogen) atoms. The van der Waals surface area contributed by atoms with E-state index < -0.39 is 0 Å². The van der Waals surface area contributed by atoms with Crippen LogP contribution in [0.25, 0.3) is 6.08 Å². The largest absolute Gasteiger partial charge is 0.490 e. The summed E-state index contributed by atoms with van der Waals surface area (Å²) in [7, 11) is 1.52. The lowest BCUT2D eigenvalue weighted by Crippen LogP contribution is -2.31. The fourth-order valence-electron chi connectivity index (χ4n) is 2.21. The molecular formula is C18H18BrNO5S. The highest BCUT2D eigenvalue weighted by Gasteiger charge is 2.34. The van der Waals surface area contributed by atoms with Crippen molar-refractivity contribution in [2.45, 2.75) is 6.92 Å². The van der Waals surface area contributed by atoms with Gasteiger partial charge in [-0.3, -0.25) is 14.5 Å². The molecule has 0 saturated carbocycles. The summed E-state index contributed by atoms with van der Waals surface area (Å²) >= 11 is 4.33. The summed E-state index contributed by atoms with van der Waals surface area (Å²) in [6, 6.07) is 3.51. The molecule has 0 N–H and O–H groups in total. The van der Waals surface area contributed by atoms with Crippen molar-refractivity contribution >= 4 is 44.9 Å². The Kier molecular flexibility index (Phi) is 7.57. The number of imide groups is 1. The van der Waals surface area contributed by atoms with Crippen LogP contribution in [-0.4, -0.2) is 49.5 Å². The second-order valence-corrected chi connectivity index (χ2v) is 6.93. The lowest BCUT2D eigenvalue weighted by atomic mass is 10.2. The lowest BCUT2D eigenvalue weighted by molar-refractivity contribution is -0.123. The van der Waals surface area contributed by atoms with E-state index in [0.717, 1.165) is 11.8 Å². The number of carbonyl (C=O) groups excluding carboxylic acids is 2. The van der Waals surface area contributed by atoms with E-state index >= 15 is 0 Å². The second-order valence-electron chi connectivity index (χ2n) is 5.08. The highest BCUT2D eigenvalue weighted by molar-refractivity contribution is 9.10. The molecular weight excluding hydrogens is 422 g/mol. The number of thioether (sulfide) groups is 1. The summed E-state index contributed by atoms with van der Waals surface area (Å²) in [5.74, 6) is 3.07. The van der Waals surface area contributed by atoms with Crippen molar-refractivity contribution in [1.82, 2.24) is 4.90 Å². The minimum absolute atomic E-state index is 0.108. The number of halogens is 1. The van der Waals surface area contributed by atoms with Gasteiger partial charge in [0.15, 0.2) is 11.5 Å². The highest BCUT2D eigenvalue weighted by atomic mass is 79.9. The molecule has 1 aromatic rings. The van der Waals surface area contributed by atoms with Crippen molar-refractivity contribution in [1.29, 1.82) is 0 Å². The molecule has 6 nitrogen and oxygen atoms in total. The van der Waals surface area contributed by atoms with Crippen molar-refractivity contribution in [3.05, 3.63) is 27.1 Å². The Balaban J connectivity index is 2.31. The number of carbonyl (C=O) groups is 2. The molecule has 8 heteroatoms. The Morgan fingerprint density at radius 3 is 2.77 bits per heavy atom. The highest BCUT2D eigenvalue weighted by Crippen LogP contribution is 2.39. The summed E-state index contributed by atoms with van der Waals surface area (Å²) in [4.78, 5) is 25.9. The first-order valence-electron chi connectivity index (χ1n) is 7.78. The number of rotatable bonds is 8. The standard InChI is InChI=1S/C18H18BrNO5S/c1-4-7-25-16-13(19)9-12(10-14(16)24-5-2)11-15-17(21)20(6-8-23-3)18(22)26-15/h1,9-11H,5-8H2,2-3H3/b15-11+. The number of benzene rings is 1. The van der Waals surface area contributed by atoms with Crippen LogP contribution in [0.1, 0.15) is 12.5 Å². The zero-order chi connectivity index (χ0) is 19.1. The number of nitrogens with zero attached hydrogens (tertiary/aromatic N) is 1. The van der Waals surface area contributed by atoms with Crippen molar-refractivity contribution in [2.75, 3.05) is 33.5 Å². The Morgan fingerprint density at radius 1 is 1.35 bits per heavy atom. The van der Waals surface area contributed by atoms with Gasteiger partial charge >= 0.3 is 0 Å². The number of hydrogen-bond acceptors (Lipinski definition) is 6. The molecule has 2 rings (SSSR count). The van der Waals surface area contributed by atoms with Gasteiger partial charge in [-0.2, -0.15) is 0 Å². The monoisotopic (exact) mass is 439 g/mol. The first-order valence-corrected chi connectivity index (χ1v) is 9.39. The summed E-state index contributed by atoms with van der Waals surface area (Å²) in [5, 5.41) is -0.309. The minimum atomic E-state index is -0.334. The van der Waals surface area contributed by atoms with Crippen LogP contribution < -0.4 is 9.47 Å². The molecule has 1 aliphatic rings. The van der Waals surface area contributed by atoms with Crippen LogP contribution in [0.15, 0.2) is 21.5 Å². The SMILES string of the molecule is C#CCOc1c(Br)cc(/C=C2/SC(=O)N(CCOC)C2=O)cc1OCC. The molecule has 1 aliphatic heterocycles. The molecule has 1 aromatic carbocycles. The van der Waals surface area contributed by atoms with Crippen LogP contribution in [0.3, 0.4) is 0 Å². The normalized spacial score (nSPS) is 15.5. The first-order chi connectivity index (χ1) is 12.5. The number of methoxy groups -OCH3 is 1. The van der Waals surface area contributed by atoms with E-state index in [-0.39, 0.29) is 24.3 Å². The molecule has 1 heterocycles. The van der Waals surface area contributed by atoms with E-state index in [4.69, 9.17) is 20.6 Å². The lowest BCUT2D eigenvalue weighted by Gasteiger charge is -2.13. The van der Waals surface area contributed by atoms with Gasteiger partial charge in [-0.15, -0.1) is 6.42 Å². The maximum absolute atomic E-state index is 12.4. The van der Waals surface area contributed by atoms with Gasteiger partial charge in [0.05, 0.1) is 29.1 Å². The number of hydrogen-bond donors (Lipinski definition) is 0. The molecule has 0 unspecified atom stereocenters. The van der Waals surface area contributed by atoms with Gasteiger partial charge in [-0.25, -0.2) is 0 Å². The summed E-state index contributed by atoms with van der Waals surface area (Å²) in [6.45, 7) is 2.93. The molecule has 0 spiro atoms. The van der Waals surface area contributed by atoms with Crippen molar-refractivity contribution in [3.8, 4) is 23.8 Å². The predicted molar refractivity (Wildman–Crippen MR) is 104 cm³/mol. The Morgan fingerprint density at radius 2 is 2.12 bits per heavy atom. The van der Waals surface area contributed by atoms with Crippen molar-refractivity contribution < 1.29 is 23.8 Å². The van der Waals surface area contributed by atoms with Crippen LogP contribution in [0.2, 0.25) is 0 Å². The molecule has 0 aliphatic carbocycles. The van der Waals surface area contributed by atoms with Gasteiger partial charge in [-0.05, 0) is 58.4 Å². The van der Waals surface area contributed by atoms with E-state index in [0.29, 0.717) is 39.7 Å². The first kappa shape index (κ1) is 20.4. The molecule has 2 amide bonds. The average molecular weight is 440 g/mol. The van der Waals surface area contributed by atoms with E-state index in [1.807, 2.05) is 6.92 Å². The third-order valence-corrected chi connectivity index (χ3v) is 4.82. The second kappa shape index (κ2) is 9.67. The van der Waals surface area contributed by atoms with Crippen LogP contribution in [-0.2, 0) is 9.53 Å². The molecule has 0 aromatic heterocycles. The van der Waals surface area contributed by atoms with Crippen LogP contribution in [0.5, 0.6) is 11.5 Å². The minimum Gasteiger partial charge on any atom is -0.490 e. The number of amides is 2. The van der Waals surface area contributed by atoms with Crippen LogP contribution in [0.4, 0.5) is 4.79 Å². The van der Waals surface area contributed by atoms with Gasteiger partial charge in [-0.1, -0.05) is 5.92 Å². The molecule has 1 fully saturated rings. The molecule has 1 saturated heterocycles. The van der Waals surface area contributed by atoms with Gasteiger partial charge in [0.1, 0.15) is 6.61 Å². The Bertz CT molecular complexity index is 772. The summed E-state index contributed by atoms with van der Waals surface area (Å²) < 4.78 is 16.7. The van der Waals surface area contributed by atoms with Gasteiger partial charge in [0, 0.05) is 7.11 Å². The smallest absolute Gasteiger partial charge is 0.293 e. The maximum atomic E-state index is 12.4. The van der Waals surface area contributed by atoms with Gasteiger partial charge < -0.3 is 14.2 Å². The molecule has 138 valence electrons. The zero-order valence-corrected chi connectivity index (χ0v) is 16.8. The summed E-state index contributed by atoms with van der Waals surface area (Å²) in [6.07, 6.45) is 6.89. The number of terminal acetylenes is 1. The topological polar surface area (TPSA) is 65.1 Å². The predicted octanol–water partition coefficient (Wildman–Crippen LogP) is 3.54. The third-order valence-electron chi connectivity index (χ3n) is 3.32. The Hall–Kier alpha value is -1.95.